The molecule has 9 nitrogen and oxygen atoms in total. The van der Waals surface area contributed by atoms with Crippen LogP contribution in [-0.4, -0.2) is 42.5 Å². The Balaban J connectivity index is 1.47. The Hall–Kier alpha value is -4.01. The van der Waals surface area contributed by atoms with Crippen molar-refractivity contribution in [1.82, 2.24) is 34.8 Å². The van der Waals surface area contributed by atoms with E-state index < -0.39 is 0 Å². The van der Waals surface area contributed by atoms with Crippen molar-refractivity contribution in [3.8, 4) is 17.3 Å². The zero-order valence-electron chi connectivity index (χ0n) is 16.0. The first-order chi connectivity index (χ1) is 14.2. The first-order valence-electron chi connectivity index (χ1n) is 8.94. The first-order valence-corrected chi connectivity index (χ1v) is 8.94. The highest BCUT2D eigenvalue weighted by molar-refractivity contribution is 5.93. The molecule has 9 heteroatoms. The van der Waals surface area contributed by atoms with Gasteiger partial charge in [-0.05, 0) is 48.9 Å². The van der Waals surface area contributed by atoms with Crippen LogP contribution in [0.25, 0.3) is 11.5 Å². The van der Waals surface area contributed by atoms with Gasteiger partial charge in [-0.2, -0.15) is 0 Å². The molecule has 3 aromatic heterocycles. The van der Waals surface area contributed by atoms with Crippen LogP contribution in [0.2, 0.25) is 0 Å². The summed E-state index contributed by atoms with van der Waals surface area (Å²) in [5, 5.41) is 11.0. The van der Waals surface area contributed by atoms with E-state index in [2.05, 4.69) is 25.6 Å². The molecule has 1 amide bonds. The Morgan fingerprint density at radius 2 is 2.00 bits per heavy atom. The van der Waals surface area contributed by atoms with Gasteiger partial charge < -0.3 is 10.1 Å². The second-order valence-corrected chi connectivity index (χ2v) is 6.31. The Kier molecular flexibility index (Phi) is 5.02. The molecule has 0 atom stereocenters. The van der Waals surface area contributed by atoms with Crippen LogP contribution in [0.15, 0.2) is 61.3 Å². The van der Waals surface area contributed by atoms with Crippen molar-refractivity contribution >= 4 is 5.91 Å². The van der Waals surface area contributed by atoms with Crippen molar-refractivity contribution < 1.29 is 9.53 Å². The maximum absolute atomic E-state index is 12.6. The van der Waals surface area contributed by atoms with Crippen molar-refractivity contribution in [2.24, 2.45) is 0 Å². The highest BCUT2D eigenvalue weighted by Gasteiger charge is 2.17. The molecule has 146 valence electrons. The number of ether oxygens (including phenoxy) is 1. The number of carbonyl (C=O) groups is 1. The van der Waals surface area contributed by atoms with Gasteiger partial charge in [0, 0.05) is 25.1 Å². The molecule has 0 aliphatic heterocycles. The van der Waals surface area contributed by atoms with Gasteiger partial charge in [-0.3, -0.25) is 9.36 Å². The lowest BCUT2D eigenvalue weighted by Crippen LogP contribution is -2.24. The summed E-state index contributed by atoms with van der Waals surface area (Å²) >= 11 is 0. The van der Waals surface area contributed by atoms with Gasteiger partial charge in [-0.25, -0.2) is 14.6 Å². The number of rotatable bonds is 6. The van der Waals surface area contributed by atoms with E-state index in [1.54, 1.807) is 35.1 Å². The second kappa shape index (κ2) is 7.93. The summed E-state index contributed by atoms with van der Waals surface area (Å²) < 4.78 is 8.59. The fourth-order valence-electron chi connectivity index (χ4n) is 2.88. The van der Waals surface area contributed by atoms with Crippen molar-refractivity contribution in [3.63, 3.8) is 0 Å². The standard InChI is InChI=1S/C20H19N7O2/c1-14-19(24-25-27(14)16-3-5-17(29-2)6-4-16)20(28)23-12-15-7-8-22-18(11-15)26-10-9-21-13-26/h3-11,13H,12H2,1-2H3,(H,23,28). The quantitative estimate of drug-likeness (QED) is 0.542. The van der Waals surface area contributed by atoms with E-state index in [-0.39, 0.29) is 11.6 Å². The number of hydrogen-bond acceptors (Lipinski definition) is 6. The number of hydrogen-bond donors (Lipinski definition) is 1. The third kappa shape index (κ3) is 3.84. The number of benzene rings is 1. The average Bonchev–Trinajstić information content (AvgIpc) is 3.42. The minimum absolute atomic E-state index is 0.282. The maximum Gasteiger partial charge on any atom is 0.274 e. The third-order valence-corrected chi connectivity index (χ3v) is 4.46. The molecule has 0 saturated carbocycles. The van der Waals surface area contributed by atoms with Crippen LogP contribution in [0.3, 0.4) is 0 Å². The van der Waals surface area contributed by atoms with E-state index in [1.165, 1.54) is 0 Å². The normalized spacial score (nSPS) is 10.7. The van der Waals surface area contributed by atoms with E-state index in [0.29, 0.717) is 12.2 Å². The molecule has 0 unspecified atom stereocenters. The molecule has 4 rings (SSSR count). The lowest BCUT2D eigenvalue weighted by molar-refractivity contribution is 0.0945. The van der Waals surface area contributed by atoms with Crippen molar-refractivity contribution in [2.45, 2.75) is 13.5 Å². The lowest BCUT2D eigenvalue weighted by atomic mass is 10.2. The van der Waals surface area contributed by atoms with Crippen molar-refractivity contribution in [2.75, 3.05) is 7.11 Å². The lowest BCUT2D eigenvalue weighted by Gasteiger charge is -2.07. The summed E-state index contributed by atoms with van der Waals surface area (Å²) in [6.07, 6.45) is 6.87. The highest BCUT2D eigenvalue weighted by atomic mass is 16.5. The van der Waals surface area contributed by atoms with Crippen molar-refractivity contribution in [3.05, 3.63) is 78.3 Å². The molecule has 0 fully saturated rings. The van der Waals surface area contributed by atoms with Gasteiger partial charge in [0.05, 0.1) is 18.5 Å². The van der Waals surface area contributed by atoms with Gasteiger partial charge in [0.15, 0.2) is 5.69 Å². The Morgan fingerprint density at radius 3 is 2.72 bits per heavy atom. The van der Waals surface area contributed by atoms with Gasteiger partial charge in [0.1, 0.15) is 17.9 Å². The Bertz CT molecular complexity index is 1120. The largest absolute Gasteiger partial charge is 0.497 e. The third-order valence-electron chi connectivity index (χ3n) is 4.46. The summed E-state index contributed by atoms with van der Waals surface area (Å²) in [5.74, 6) is 1.19. The van der Waals surface area contributed by atoms with E-state index >= 15 is 0 Å². The minimum Gasteiger partial charge on any atom is -0.497 e. The number of methoxy groups -OCH3 is 1. The molecule has 1 N–H and O–H groups in total. The summed E-state index contributed by atoms with van der Waals surface area (Å²) in [6, 6.07) is 11.1. The van der Waals surface area contributed by atoms with Crippen LogP contribution in [0.5, 0.6) is 5.75 Å². The van der Waals surface area contributed by atoms with Crippen LogP contribution >= 0.6 is 0 Å². The number of nitrogens with one attached hydrogen (secondary N) is 1. The molecule has 3 heterocycles. The smallest absolute Gasteiger partial charge is 0.274 e. The molecular formula is C20H19N7O2. The second-order valence-electron chi connectivity index (χ2n) is 6.31. The SMILES string of the molecule is COc1ccc(-n2nnc(C(=O)NCc3ccnc(-n4ccnc4)c3)c2C)cc1. The number of carbonyl (C=O) groups excluding carboxylic acids is 1. The number of amides is 1. The molecule has 0 aliphatic carbocycles. The molecule has 0 aliphatic rings. The Labute approximate surface area is 167 Å². The van der Waals surface area contributed by atoms with E-state index in [4.69, 9.17) is 4.74 Å². The highest BCUT2D eigenvalue weighted by Crippen LogP contribution is 2.17. The van der Waals surface area contributed by atoms with Crippen LogP contribution < -0.4 is 10.1 Å². The molecule has 0 spiro atoms. The molecule has 0 bridgehead atoms. The summed E-state index contributed by atoms with van der Waals surface area (Å²) in [4.78, 5) is 20.9. The van der Waals surface area contributed by atoms with Crippen LogP contribution in [0, 0.1) is 6.92 Å². The van der Waals surface area contributed by atoms with E-state index in [0.717, 1.165) is 22.8 Å². The topological polar surface area (TPSA) is 99.7 Å². The van der Waals surface area contributed by atoms with Gasteiger partial charge in [-0.15, -0.1) is 5.10 Å². The van der Waals surface area contributed by atoms with E-state index in [1.807, 2.05) is 49.5 Å². The fourth-order valence-corrected chi connectivity index (χ4v) is 2.88. The van der Waals surface area contributed by atoms with Gasteiger partial charge in [0.2, 0.25) is 0 Å². The average molecular weight is 389 g/mol. The molecular weight excluding hydrogens is 370 g/mol. The predicted molar refractivity (Wildman–Crippen MR) is 105 cm³/mol. The van der Waals surface area contributed by atoms with E-state index in [9.17, 15) is 4.79 Å². The molecule has 0 saturated heterocycles. The summed E-state index contributed by atoms with van der Waals surface area (Å²) in [5.41, 5.74) is 2.65. The van der Waals surface area contributed by atoms with Crippen LogP contribution in [0.1, 0.15) is 21.7 Å². The number of aromatic nitrogens is 6. The molecule has 29 heavy (non-hydrogen) atoms. The Morgan fingerprint density at radius 1 is 1.17 bits per heavy atom. The fraction of sp³-hybridized carbons (Fsp3) is 0.150. The van der Waals surface area contributed by atoms with Crippen LogP contribution in [-0.2, 0) is 6.54 Å². The monoisotopic (exact) mass is 389 g/mol. The van der Waals surface area contributed by atoms with Crippen molar-refractivity contribution in [1.29, 1.82) is 0 Å². The van der Waals surface area contributed by atoms with Gasteiger partial charge in [-0.1, -0.05) is 5.21 Å². The molecule has 1 aromatic carbocycles. The van der Waals surface area contributed by atoms with Crippen LogP contribution in [0.4, 0.5) is 0 Å². The zero-order valence-corrected chi connectivity index (χ0v) is 16.0. The summed E-state index contributed by atoms with van der Waals surface area (Å²) in [7, 11) is 1.61. The van der Waals surface area contributed by atoms with Gasteiger partial charge >= 0.3 is 0 Å². The number of pyridine rings is 1. The first kappa shape index (κ1) is 18.4. The van der Waals surface area contributed by atoms with Gasteiger partial charge in [0.25, 0.3) is 5.91 Å². The predicted octanol–water partition coefficient (Wildman–Crippen LogP) is 2.10. The maximum atomic E-state index is 12.6. The molecule has 0 radical (unpaired) electrons. The minimum atomic E-state index is -0.289. The summed E-state index contributed by atoms with van der Waals surface area (Å²) in [6.45, 7) is 2.15. The number of imidazole rings is 1. The number of nitrogens with zero attached hydrogens (tertiary/aromatic N) is 6. The zero-order chi connectivity index (χ0) is 20.2. The molecule has 4 aromatic rings.